The van der Waals surface area contributed by atoms with Gasteiger partial charge in [-0.1, -0.05) is 17.4 Å². The quantitative estimate of drug-likeness (QED) is 0.687. The van der Waals surface area contributed by atoms with Crippen molar-refractivity contribution < 1.29 is 4.92 Å². The number of aromatic nitrogens is 2. The van der Waals surface area contributed by atoms with E-state index in [4.69, 9.17) is 0 Å². The van der Waals surface area contributed by atoms with E-state index in [1.54, 1.807) is 12.1 Å². The third-order valence-electron chi connectivity index (χ3n) is 2.82. The Morgan fingerprint density at radius 1 is 1.42 bits per heavy atom. The van der Waals surface area contributed by atoms with Crippen molar-refractivity contribution in [3.63, 3.8) is 0 Å². The highest BCUT2D eigenvalue weighted by Gasteiger charge is 2.20. The Morgan fingerprint density at radius 3 is 2.79 bits per heavy atom. The average Bonchev–Trinajstić information content (AvgIpc) is 2.86. The molecule has 0 saturated carbocycles. The molecule has 0 bridgehead atoms. The van der Waals surface area contributed by atoms with Gasteiger partial charge in [-0.25, -0.2) is 0 Å². The van der Waals surface area contributed by atoms with Crippen LogP contribution in [0, 0.1) is 17.0 Å². The van der Waals surface area contributed by atoms with Gasteiger partial charge in [-0.2, -0.15) is 0 Å². The number of nitrogens with zero attached hydrogens (tertiary/aromatic N) is 3. The van der Waals surface area contributed by atoms with Gasteiger partial charge in [-0.15, -0.1) is 10.2 Å². The molecule has 1 heterocycles. The van der Waals surface area contributed by atoms with Crippen molar-refractivity contribution in [3.05, 3.63) is 38.9 Å². The fourth-order valence-electron chi connectivity index (χ4n) is 1.62. The number of hydrogen-bond acceptors (Lipinski definition) is 6. The fourth-order valence-corrected chi connectivity index (χ4v) is 2.55. The molecular weight excluding hydrogens is 264 g/mol. The number of nitrogens with one attached hydrogen (secondary N) is 1. The number of aryl methyl sites for hydroxylation is 1. The van der Waals surface area contributed by atoms with E-state index in [0.29, 0.717) is 10.6 Å². The summed E-state index contributed by atoms with van der Waals surface area (Å²) < 4.78 is 0. The molecular formula is C12H14N4O2S. The summed E-state index contributed by atoms with van der Waals surface area (Å²) in [6.07, 6.45) is 0. The number of hydrogen-bond donors (Lipinski definition) is 1. The largest absolute Gasteiger partial charge is 0.311 e. The molecule has 2 rings (SSSR count). The van der Waals surface area contributed by atoms with Crippen molar-refractivity contribution in [1.82, 2.24) is 15.5 Å². The van der Waals surface area contributed by atoms with E-state index in [-0.39, 0.29) is 11.7 Å². The molecule has 1 N–H and O–H groups in total. The van der Waals surface area contributed by atoms with Crippen molar-refractivity contribution in [2.75, 3.05) is 7.05 Å². The lowest BCUT2D eigenvalue weighted by atomic mass is 10.1. The lowest BCUT2D eigenvalue weighted by Gasteiger charge is -2.03. The molecule has 7 heteroatoms. The Bertz CT molecular complexity index is 612. The van der Waals surface area contributed by atoms with Crippen LogP contribution in [0.15, 0.2) is 18.2 Å². The van der Waals surface area contributed by atoms with Crippen molar-refractivity contribution >= 4 is 17.0 Å². The summed E-state index contributed by atoms with van der Waals surface area (Å²) in [5, 5.41) is 23.7. The Kier molecular flexibility index (Phi) is 3.87. The summed E-state index contributed by atoms with van der Waals surface area (Å²) in [6.45, 7) is 3.86. The van der Waals surface area contributed by atoms with E-state index in [0.717, 1.165) is 10.6 Å². The minimum atomic E-state index is -0.392. The zero-order chi connectivity index (χ0) is 14.0. The first-order valence-corrected chi connectivity index (χ1v) is 6.60. The second-order valence-electron chi connectivity index (χ2n) is 4.23. The highest BCUT2D eigenvalue weighted by atomic mass is 32.1. The van der Waals surface area contributed by atoms with Gasteiger partial charge in [-0.05, 0) is 32.5 Å². The molecule has 1 atom stereocenters. The summed E-state index contributed by atoms with van der Waals surface area (Å²) in [4.78, 5) is 10.7. The SMILES string of the molecule is CNC(C)c1nnc(-c2cc(C)ccc2[N+](=O)[O-])s1. The second kappa shape index (κ2) is 5.41. The molecule has 0 fully saturated rings. The van der Waals surface area contributed by atoms with Gasteiger partial charge in [-0.3, -0.25) is 10.1 Å². The zero-order valence-electron chi connectivity index (χ0n) is 10.9. The van der Waals surface area contributed by atoms with Crippen LogP contribution in [0.4, 0.5) is 5.69 Å². The maximum absolute atomic E-state index is 11.1. The van der Waals surface area contributed by atoms with E-state index in [1.807, 2.05) is 20.9 Å². The molecule has 0 radical (unpaired) electrons. The molecule has 6 nitrogen and oxygen atoms in total. The van der Waals surface area contributed by atoms with Crippen LogP contribution in [0.2, 0.25) is 0 Å². The molecule has 0 aliphatic carbocycles. The van der Waals surface area contributed by atoms with Gasteiger partial charge in [0.1, 0.15) is 5.01 Å². The maximum atomic E-state index is 11.1. The molecule has 19 heavy (non-hydrogen) atoms. The monoisotopic (exact) mass is 278 g/mol. The van der Waals surface area contributed by atoms with Crippen molar-refractivity contribution in [2.24, 2.45) is 0 Å². The number of nitro groups is 1. The van der Waals surface area contributed by atoms with Gasteiger partial charge in [0.05, 0.1) is 16.5 Å². The van der Waals surface area contributed by atoms with Gasteiger partial charge in [0.15, 0.2) is 5.01 Å². The van der Waals surface area contributed by atoms with E-state index in [1.165, 1.54) is 17.4 Å². The van der Waals surface area contributed by atoms with Crippen LogP contribution in [-0.4, -0.2) is 22.2 Å². The lowest BCUT2D eigenvalue weighted by molar-refractivity contribution is -0.384. The van der Waals surface area contributed by atoms with E-state index >= 15 is 0 Å². The highest BCUT2D eigenvalue weighted by Crippen LogP contribution is 2.33. The summed E-state index contributed by atoms with van der Waals surface area (Å²) in [5.74, 6) is 0. The van der Waals surface area contributed by atoms with Crippen molar-refractivity contribution in [2.45, 2.75) is 19.9 Å². The van der Waals surface area contributed by atoms with E-state index in [2.05, 4.69) is 15.5 Å². The second-order valence-corrected chi connectivity index (χ2v) is 5.24. The van der Waals surface area contributed by atoms with Gasteiger partial charge < -0.3 is 5.32 Å². The molecule has 1 unspecified atom stereocenters. The predicted octanol–water partition coefficient (Wildman–Crippen LogP) is 2.70. The number of nitro benzene ring substituents is 1. The van der Waals surface area contributed by atoms with Crippen LogP contribution in [0.25, 0.3) is 10.6 Å². The average molecular weight is 278 g/mol. The van der Waals surface area contributed by atoms with Crippen LogP contribution in [0.3, 0.4) is 0 Å². The van der Waals surface area contributed by atoms with Crippen LogP contribution in [0.1, 0.15) is 23.5 Å². The molecule has 100 valence electrons. The van der Waals surface area contributed by atoms with Crippen LogP contribution >= 0.6 is 11.3 Å². The fraction of sp³-hybridized carbons (Fsp3) is 0.333. The minimum absolute atomic E-state index is 0.0606. The molecule has 1 aromatic carbocycles. The van der Waals surface area contributed by atoms with E-state index < -0.39 is 4.92 Å². The molecule has 0 spiro atoms. The standard InChI is InChI=1S/C12H14N4O2S/c1-7-4-5-10(16(17)18)9(6-7)12-15-14-11(19-12)8(2)13-3/h4-6,8,13H,1-3H3. The summed E-state index contributed by atoms with van der Waals surface area (Å²) in [7, 11) is 1.83. The van der Waals surface area contributed by atoms with Gasteiger partial charge in [0.2, 0.25) is 0 Å². The van der Waals surface area contributed by atoms with E-state index in [9.17, 15) is 10.1 Å². The smallest absolute Gasteiger partial charge is 0.279 e. The third kappa shape index (κ3) is 2.77. The molecule has 0 aliphatic rings. The lowest BCUT2D eigenvalue weighted by Crippen LogP contribution is -2.11. The molecule has 1 aromatic heterocycles. The van der Waals surface area contributed by atoms with Crippen LogP contribution in [0.5, 0.6) is 0 Å². The molecule has 2 aromatic rings. The summed E-state index contributed by atoms with van der Waals surface area (Å²) in [6, 6.07) is 5.08. The van der Waals surface area contributed by atoms with Gasteiger partial charge in [0.25, 0.3) is 5.69 Å². The predicted molar refractivity (Wildman–Crippen MR) is 74.2 cm³/mol. The summed E-state index contributed by atoms with van der Waals surface area (Å²) >= 11 is 1.37. The molecule has 0 aliphatic heterocycles. The minimum Gasteiger partial charge on any atom is -0.311 e. The Morgan fingerprint density at radius 2 is 2.16 bits per heavy atom. The Labute approximate surface area is 114 Å². The summed E-state index contributed by atoms with van der Waals surface area (Å²) in [5.41, 5.74) is 1.54. The van der Waals surface area contributed by atoms with Crippen LogP contribution in [-0.2, 0) is 0 Å². The number of rotatable bonds is 4. The normalized spacial score (nSPS) is 12.4. The topological polar surface area (TPSA) is 81.0 Å². The molecule has 0 saturated heterocycles. The first kappa shape index (κ1) is 13.6. The first-order valence-electron chi connectivity index (χ1n) is 5.79. The van der Waals surface area contributed by atoms with Crippen molar-refractivity contribution in [3.8, 4) is 10.6 Å². The maximum Gasteiger partial charge on any atom is 0.279 e. The number of benzene rings is 1. The first-order chi connectivity index (χ1) is 9.02. The third-order valence-corrected chi connectivity index (χ3v) is 3.96. The van der Waals surface area contributed by atoms with Crippen molar-refractivity contribution in [1.29, 1.82) is 0 Å². The molecule has 0 amide bonds. The Balaban J connectivity index is 2.49. The van der Waals surface area contributed by atoms with Crippen LogP contribution < -0.4 is 5.32 Å². The zero-order valence-corrected chi connectivity index (χ0v) is 11.7. The van der Waals surface area contributed by atoms with Gasteiger partial charge >= 0.3 is 0 Å². The Hall–Kier alpha value is -1.86. The highest BCUT2D eigenvalue weighted by molar-refractivity contribution is 7.14. The van der Waals surface area contributed by atoms with Gasteiger partial charge in [0, 0.05) is 6.07 Å².